The highest BCUT2D eigenvalue weighted by molar-refractivity contribution is 5.95. The van der Waals surface area contributed by atoms with Crippen molar-refractivity contribution in [1.29, 1.82) is 0 Å². The fourth-order valence-electron chi connectivity index (χ4n) is 4.23. The number of rotatable bonds is 2. The van der Waals surface area contributed by atoms with Crippen molar-refractivity contribution in [2.75, 3.05) is 25.1 Å². The number of pyridine rings is 1. The van der Waals surface area contributed by atoms with Gasteiger partial charge in [0, 0.05) is 18.5 Å². The van der Waals surface area contributed by atoms with Gasteiger partial charge in [0.2, 0.25) is 0 Å². The second-order valence-electron chi connectivity index (χ2n) is 7.07. The molecular formula is C20H22N2O2. The molecule has 2 aromatic rings. The van der Waals surface area contributed by atoms with E-state index in [9.17, 15) is 4.79 Å². The Morgan fingerprint density at radius 2 is 2.00 bits per heavy atom. The maximum atomic E-state index is 12.4. The van der Waals surface area contributed by atoms with Crippen molar-refractivity contribution in [2.24, 2.45) is 5.41 Å². The van der Waals surface area contributed by atoms with E-state index in [1.807, 2.05) is 18.2 Å². The predicted molar refractivity (Wildman–Crippen MR) is 96.8 cm³/mol. The Hall–Kier alpha value is -2.41. The fraction of sp³-hybridized carbons (Fsp3) is 0.450. The molecule has 0 bridgehead atoms. The van der Waals surface area contributed by atoms with Crippen LogP contribution in [0.15, 0.2) is 23.0 Å². The lowest BCUT2D eigenvalue weighted by Gasteiger charge is -2.48. The number of hydrogen-bond acceptors (Lipinski definition) is 3. The Morgan fingerprint density at radius 3 is 2.58 bits per heavy atom. The quantitative estimate of drug-likeness (QED) is 0.863. The molecule has 1 aliphatic heterocycles. The molecule has 1 spiro atoms. The van der Waals surface area contributed by atoms with Gasteiger partial charge in [-0.05, 0) is 49.3 Å². The number of benzene rings is 1. The maximum absolute atomic E-state index is 12.4. The summed E-state index contributed by atoms with van der Waals surface area (Å²) in [7, 11) is 1.65. The van der Waals surface area contributed by atoms with Crippen LogP contribution in [0.4, 0.5) is 5.69 Å². The van der Waals surface area contributed by atoms with Crippen LogP contribution in [0.5, 0.6) is 5.75 Å². The molecule has 124 valence electrons. The number of terminal acetylenes is 1. The van der Waals surface area contributed by atoms with Gasteiger partial charge in [-0.25, -0.2) is 0 Å². The average molecular weight is 322 g/mol. The average Bonchev–Trinajstić information content (AvgIpc) is 2.59. The van der Waals surface area contributed by atoms with E-state index >= 15 is 0 Å². The highest BCUT2D eigenvalue weighted by atomic mass is 16.5. The minimum atomic E-state index is -0.186. The van der Waals surface area contributed by atoms with Crippen LogP contribution in [-0.2, 0) is 0 Å². The van der Waals surface area contributed by atoms with Crippen LogP contribution in [-0.4, -0.2) is 25.2 Å². The molecular weight excluding hydrogens is 300 g/mol. The third-order valence-corrected chi connectivity index (χ3v) is 5.89. The van der Waals surface area contributed by atoms with Gasteiger partial charge in [0.1, 0.15) is 11.3 Å². The summed E-state index contributed by atoms with van der Waals surface area (Å²) in [4.78, 5) is 17.6. The molecule has 1 aromatic heterocycles. The first kappa shape index (κ1) is 15.1. The van der Waals surface area contributed by atoms with Crippen molar-refractivity contribution in [3.05, 3.63) is 34.1 Å². The van der Waals surface area contributed by atoms with Crippen LogP contribution in [0.1, 0.15) is 37.7 Å². The number of hydrogen-bond donors (Lipinski definition) is 1. The van der Waals surface area contributed by atoms with Gasteiger partial charge in [0.15, 0.2) is 0 Å². The minimum absolute atomic E-state index is 0.186. The van der Waals surface area contributed by atoms with E-state index in [0.29, 0.717) is 11.0 Å². The highest BCUT2D eigenvalue weighted by Crippen LogP contribution is 2.49. The second kappa shape index (κ2) is 5.59. The molecule has 1 aromatic carbocycles. The normalized spacial score (nSPS) is 19.1. The molecule has 1 N–H and O–H groups in total. The van der Waals surface area contributed by atoms with Gasteiger partial charge in [0.05, 0.1) is 18.3 Å². The minimum Gasteiger partial charge on any atom is -0.497 e. The van der Waals surface area contributed by atoms with Gasteiger partial charge < -0.3 is 14.6 Å². The first-order chi connectivity index (χ1) is 11.7. The number of ether oxygens (including phenoxy) is 1. The number of H-pyrrole nitrogens is 1. The summed E-state index contributed by atoms with van der Waals surface area (Å²) < 4.78 is 5.37. The van der Waals surface area contributed by atoms with E-state index in [-0.39, 0.29) is 5.56 Å². The summed E-state index contributed by atoms with van der Waals surface area (Å²) in [5.41, 5.74) is 2.50. The van der Waals surface area contributed by atoms with Crippen molar-refractivity contribution >= 4 is 16.6 Å². The molecule has 2 heterocycles. The molecule has 0 amide bonds. The zero-order chi connectivity index (χ0) is 16.7. The van der Waals surface area contributed by atoms with E-state index in [1.54, 1.807) is 7.11 Å². The number of aromatic nitrogens is 1. The zero-order valence-electron chi connectivity index (χ0n) is 14.0. The first-order valence-electron chi connectivity index (χ1n) is 8.61. The van der Waals surface area contributed by atoms with Crippen LogP contribution >= 0.6 is 0 Å². The van der Waals surface area contributed by atoms with Gasteiger partial charge in [-0.2, -0.15) is 0 Å². The molecule has 2 aliphatic rings. The zero-order valence-corrected chi connectivity index (χ0v) is 14.0. The lowest BCUT2D eigenvalue weighted by Crippen LogP contribution is -2.44. The molecule has 4 nitrogen and oxygen atoms in total. The van der Waals surface area contributed by atoms with Gasteiger partial charge in [-0.3, -0.25) is 4.79 Å². The molecule has 2 fully saturated rings. The number of aromatic amines is 1. The number of methoxy groups -OCH3 is 1. The van der Waals surface area contributed by atoms with Crippen molar-refractivity contribution in [1.82, 2.24) is 4.98 Å². The van der Waals surface area contributed by atoms with E-state index in [1.165, 1.54) is 32.1 Å². The fourth-order valence-corrected chi connectivity index (χ4v) is 4.23. The van der Waals surface area contributed by atoms with Gasteiger partial charge in [-0.1, -0.05) is 12.3 Å². The largest absolute Gasteiger partial charge is 0.497 e. The Kier molecular flexibility index (Phi) is 3.53. The highest BCUT2D eigenvalue weighted by Gasteiger charge is 2.40. The molecule has 1 saturated carbocycles. The molecule has 0 atom stereocenters. The summed E-state index contributed by atoms with van der Waals surface area (Å²) in [6.07, 6.45) is 12.1. The topological polar surface area (TPSA) is 45.3 Å². The third kappa shape index (κ3) is 2.27. The van der Waals surface area contributed by atoms with Gasteiger partial charge in [-0.15, -0.1) is 6.42 Å². The molecule has 0 radical (unpaired) electrons. The molecule has 1 saturated heterocycles. The smallest absolute Gasteiger partial charge is 0.266 e. The molecule has 4 heteroatoms. The lowest BCUT2D eigenvalue weighted by atomic mass is 9.63. The predicted octanol–water partition coefficient (Wildman–Crippen LogP) is 3.29. The van der Waals surface area contributed by atoms with Crippen molar-refractivity contribution < 1.29 is 4.74 Å². The van der Waals surface area contributed by atoms with Crippen LogP contribution in [0.25, 0.3) is 10.9 Å². The van der Waals surface area contributed by atoms with E-state index < -0.39 is 0 Å². The molecule has 0 unspecified atom stereocenters. The maximum Gasteiger partial charge on any atom is 0.266 e. The summed E-state index contributed by atoms with van der Waals surface area (Å²) >= 11 is 0. The number of anilines is 1. The Balaban J connectivity index is 1.83. The van der Waals surface area contributed by atoms with E-state index in [4.69, 9.17) is 11.2 Å². The Labute approximate surface area is 141 Å². The molecule has 1 aliphatic carbocycles. The monoisotopic (exact) mass is 322 g/mol. The third-order valence-electron chi connectivity index (χ3n) is 5.89. The van der Waals surface area contributed by atoms with Crippen LogP contribution in [0.3, 0.4) is 0 Å². The second-order valence-corrected chi connectivity index (χ2v) is 7.07. The van der Waals surface area contributed by atoms with Crippen molar-refractivity contribution in [3.8, 4) is 18.1 Å². The number of nitrogens with zero attached hydrogens (tertiary/aromatic N) is 1. The first-order valence-corrected chi connectivity index (χ1v) is 8.61. The lowest BCUT2D eigenvalue weighted by molar-refractivity contribution is 0.0956. The number of fused-ring (bicyclic) bond motifs is 1. The SMILES string of the molecule is C#Cc1c(N2CCC3(CCC3)CC2)c2cc(OC)ccc2[nH]c1=O. The summed E-state index contributed by atoms with van der Waals surface area (Å²) in [5, 5.41) is 0.964. The van der Waals surface area contributed by atoms with E-state index in [2.05, 4.69) is 15.8 Å². The summed E-state index contributed by atoms with van der Waals surface area (Å²) in [6, 6.07) is 5.71. The van der Waals surface area contributed by atoms with Crippen molar-refractivity contribution in [3.63, 3.8) is 0 Å². The summed E-state index contributed by atoms with van der Waals surface area (Å²) in [6.45, 7) is 1.93. The molecule has 4 rings (SSSR count). The van der Waals surface area contributed by atoms with Crippen LogP contribution in [0, 0.1) is 17.8 Å². The van der Waals surface area contributed by atoms with Gasteiger partial charge >= 0.3 is 0 Å². The Bertz CT molecular complexity index is 877. The Morgan fingerprint density at radius 1 is 1.25 bits per heavy atom. The number of piperidine rings is 1. The molecule has 24 heavy (non-hydrogen) atoms. The standard InChI is InChI=1S/C20H22N2O2/c1-3-15-18(22-11-9-20(10-12-22)7-4-8-20)16-13-14(24-2)5-6-17(16)21-19(15)23/h1,5-6,13H,4,7-12H2,2H3,(H,21,23). The van der Waals surface area contributed by atoms with Crippen LogP contribution < -0.4 is 15.2 Å². The van der Waals surface area contributed by atoms with E-state index in [0.717, 1.165) is 35.4 Å². The summed E-state index contributed by atoms with van der Waals surface area (Å²) in [5.74, 6) is 3.38. The van der Waals surface area contributed by atoms with Gasteiger partial charge in [0.25, 0.3) is 5.56 Å². The number of nitrogens with one attached hydrogen (secondary N) is 1. The van der Waals surface area contributed by atoms with Crippen LogP contribution in [0.2, 0.25) is 0 Å². The van der Waals surface area contributed by atoms with Crippen molar-refractivity contribution in [2.45, 2.75) is 32.1 Å².